The molecule has 0 fully saturated rings. The molecule has 2 N–H and O–H groups in total. The summed E-state index contributed by atoms with van der Waals surface area (Å²) in [5.74, 6) is 0.129. The Bertz CT molecular complexity index is 160. The molecular weight excluding hydrogens is 180 g/mol. The van der Waals surface area contributed by atoms with Crippen molar-refractivity contribution in [3.05, 3.63) is 0 Å². The predicted octanol–water partition coefficient (Wildman–Crippen LogP) is 0.215. The molecule has 0 spiro atoms. The van der Waals surface area contributed by atoms with Crippen LogP contribution in [0.1, 0.15) is 26.7 Å². The van der Waals surface area contributed by atoms with Gasteiger partial charge >= 0.3 is 0 Å². The topological polar surface area (TPSA) is 52.6 Å². The van der Waals surface area contributed by atoms with E-state index in [-0.39, 0.29) is 18.6 Å². The summed E-state index contributed by atoms with van der Waals surface area (Å²) in [5.41, 5.74) is 0. The summed E-state index contributed by atoms with van der Waals surface area (Å²) >= 11 is 0. The molecule has 0 rings (SSSR count). The number of carbonyl (C=O) groups excluding carboxylic acids is 1. The minimum atomic E-state index is 0.0376. The summed E-state index contributed by atoms with van der Waals surface area (Å²) in [5, 5.41) is 11.8. The molecule has 0 aromatic rings. The second-order valence-corrected chi connectivity index (χ2v) is 3.61. The first-order valence-electron chi connectivity index (χ1n) is 5.18. The molecule has 0 aliphatic carbocycles. The van der Waals surface area contributed by atoms with E-state index in [2.05, 4.69) is 5.32 Å². The van der Waals surface area contributed by atoms with Crippen molar-refractivity contribution in [1.82, 2.24) is 10.2 Å². The van der Waals surface area contributed by atoms with Gasteiger partial charge in [0.05, 0.1) is 6.61 Å². The van der Waals surface area contributed by atoms with Crippen LogP contribution in [0.25, 0.3) is 0 Å². The highest BCUT2D eigenvalue weighted by molar-refractivity contribution is 5.76. The van der Waals surface area contributed by atoms with Crippen LogP contribution >= 0.6 is 0 Å². The zero-order chi connectivity index (χ0) is 11.0. The molecule has 0 aliphatic heterocycles. The second-order valence-electron chi connectivity index (χ2n) is 3.61. The average Bonchev–Trinajstić information content (AvgIpc) is 2.13. The van der Waals surface area contributed by atoms with E-state index in [0.717, 1.165) is 13.0 Å². The zero-order valence-corrected chi connectivity index (χ0v) is 9.42. The number of aliphatic hydroxyl groups excluding tert-OH is 1. The maximum atomic E-state index is 11.6. The van der Waals surface area contributed by atoms with E-state index >= 15 is 0 Å². The smallest absolute Gasteiger partial charge is 0.222 e. The molecule has 0 atom stereocenters. The van der Waals surface area contributed by atoms with Crippen LogP contribution in [0.5, 0.6) is 0 Å². The Balaban J connectivity index is 3.89. The van der Waals surface area contributed by atoms with Crippen molar-refractivity contribution in [2.75, 3.05) is 26.7 Å². The highest BCUT2D eigenvalue weighted by Crippen LogP contribution is 2.02. The van der Waals surface area contributed by atoms with E-state index in [0.29, 0.717) is 13.0 Å². The van der Waals surface area contributed by atoms with Gasteiger partial charge < -0.3 is 15.3 Å². The van der Waals surface area contributed by atoms with Gasteiger partial charge in [0, 0.05) is 19.0 Å². The second kappa shape index (κ2) is 7.76. The molecule has 0 aromatic carbocycles. The van der Waals surface area contributed by atoms with E-state index in [1.165, 1.54) is 0 Å². The fourth-order valence-electron chi connectivity index (χ4n) is 1.34. The van der Waals surface area contributed by atoms with Crippen LogP contribution in [0, 0.1) is 0 Å². The number of aliphatic hydroxyl groups is 1. The monoisotopic (exact) mass is 202 g/mol. The minimum absolute atomic E-state index is 0.0376. The van der Waals surface area contributed by atoms with Gasteiger partial charge in [0.25, 0.3) is 0 Å². The van der Waals surface area contributed by atoms with Gasteiger partial charge in [-0.05, 0) is 33.9 Å². The Hall–Kier alpha value is -0.610. The van der Waals surface area contributed by atoms with Crippen LogP contribution < -0.4 is 5.32 Å². The van der Waals surface area contributed by atoms with Crippen LogP contribution in [-0.4, -0.2) is 48.7 Å². The van der Waals surface area contributed by atoms with Gasteiger partial charge in [-0.15, -0.1) is 0 Å². The molecule has 4 heteroatoms. The standard InChI is InChI=1S/C10H22N2O2/c1-9(2)12(7-8-13)10(14)5-4-6-11-3/h9,11,13H,4-8H2,1-3H3. The third-order valence-corrected chi connectivity index (χ3v) is 2.10. The number of carbonyl (C=O) groups is 1. The summed E-state index contributed by atoms with van der Waals surface area (Å²) < 4.78 is 0. The van der Waals surface area contributed by atoms with Crippen LogP contribution in [0.2, 0.25) is 0 Å². The summed E-state index contributed by atoms with van der Waals surface area (Å²) in [6.45, 7) is 5.26. The quantitative estimate of drug-likeness (QED) is 0.580. The molecule has 1 amide bonds. The van der Waals surface area contributed by atoms with Crippen molar-refractivity contribution < 1.29 is 9.90 Å². The Kier molecular flexibility index (Phi) is 7.42. The molecule has 0 heterocycles. The first-order valence-corrected chi connectivity index (χ1v) is 5.18. The lowest BCUT2D eigenvalue weighted by Crippen LogP contribution is -2.39. The highest BCUT2D eigenvalue weighted by atomic mass is 16.3. The average molecular weight is 202 g/mol. The minimum Gasteiger partial charge on any atom is -0.395 e. The third kappa shape index (κ3) is 5.19. The van der Waals surface area contributed by atoms with E-state index in [9.17, 15) is 4.79 Å². The van der Waals surface area contributed by atoms with Crippen molar-refractivity contribution in [2.45, 2.75) is 32.7 Å². The SMILES string of the molecule is CNCCCC(=O)N(CCO)C(C)C. The normalized spacial score (nSPS) is 10.6. The molecule has 84 valence electrons. The summed E-state index contributed by atoms with van der Waals surface area (Å²) in [6.07, 6.45) is 1.41. The highest BCUT2D eigenvalue weighted by Gasteiger charge is 2.14. The van der Waals surface area contributed by atoms with Crippen molar-refractivity contribution >= 4 is 5.91 Å². The van der Waals surface area contributed by atoms with E-state index in [1.54, 1.807) is 4.90 Å². The number of hydrogen-bond acceptors (Lipinski definition) is 3. The molecule has 0 aromatic heterocycles. The summed E-state index contributed by atoms with van der Waals surface area (Å²) in [4.78, 5) is 13.4. The van der Waals surface area contributed by atoms with Crippen molar-refractivity contribution in [3.63, 3.8) is 0 Å². The van der Waals surface area contributed by atoms with Crippen LogP contribution in [0.3, 0.4) is 0 Å². The van der Waals surface area contributed by atoms with Gasteiger partial charge in [-0.2, -0.15) is 0 Å². The van der Waals surface area contributed by atoms with Gasteiger partial charge in [-0.3, -0.25) is 4.79 Å². The van der Waals surface area contributed by atoms with Crippen molar-refractivity contribution in [2.24, 2.45) is 0 Å². The molecule has 0 saturated heterocycles. The maximum Gasteiger partial charge on any atom is 0.222 e. The molecule has 0 aliphatic rings. The molecule has 0 bridgehead atoms. The number of hydrogen-bond donors (Lipinski definition) is 2. The number of amides is 1. The largest absolute Gasteiger partial charge is 0.395 e. The maximum absolute atomic E-state index is 11.6. The Morgan fingerprint density at radius 3 is 2.57 bits per heavy atom. The first-order chi connectivity index (χ1) is 6.63. The lowest BCUT2D eigenvalue weighted by Gasteiger charge is -2.25. The fraction of sp³-hybridized carbons (Fsp3) is 0.900. The predicted molar refractivity (Wildman–Crippen MR) is 57.1 cm³/mol. The molecule has 0 unspecified atom stereocenters. The lowest BCUT2D eigenvalue weighted by molar-refractivity contribution is -0.133. The molecule has 14 heavy (non-hydrogen) atoms. The first kappa shape index (κ1) is 13.4. The van der Waals surface area contributed by atoms with E-state index in [4.69, 9.17) is 5.11 Å². The number of rotatable bonds is 7. The fourth-order valence-corrected chi connectivity index (χ4v) is 1.34. The van der Waals surface area contributed by atoms with Gasteiger partial charge in [-0.25, -0.2) is 0 Å². The molecule has 0 radical (unpaired) electrons. The third-order valence-electron chi connectivity index (χ3n) is 2.10. The van der Waals surface area contributed by atoms with Gasteiger partial charge in [-0.1, -0.05) is 0 Å². The summed E-state index contributed by atoms with van der Waals surface area (Å²) in [6, 6.07) is 0.171. The van der Waals surface area contributed by atoms with Crippen LogP contribution in [-0.2, 0) is 4.79 Å². The molecular formula is C10H22N2O2. The Morgan fingerprint density at radius 1 is 1.50 bits per heavy atom. The van der Waals surface area contributed by atoms with Gasteiger partial charge in [0.2, 0.25) is 5.91 Å². The molecule has 4 nitrogen and oxygen atoms in total. The van der Waals surface area contributed by atoms with Crippen LogP contribution in [0.4, 0.5) is 0 Å². The van der Waals surface area contributed by atoms with Crippen molar-refractivity contribution in [1.29, 1.82) is 0 Å². The zero-order valence-electron chi connectivity index (χ0n) is 9.42. The van der Waals surface area contributed by atoms with Crippen LogP contribution in [0.15, 0.2) is 0 Å². The van der Waals surface area contributed by atoms with Gasteiger partial charge in [0.1, 0.15) is 0 Å². The van der Waals surface area contributed by atoms with E-state index < -0.39 is 0 Å². The molecule has 0 saturated carbocycles. The lowest BCUT2D eigenvalue weighted by atomic mass is 10.2. The Morgan fingerprint density at radius 2 is 2.14 bits per heavy atom. The number of nitrogens with one attached hydrogen (secondary N) is 1. The summed E-state index contributed by atoms with van der Waals surface area (Å²) in [7, 11) is 1.87. The van der Waals surface area contributed by atoms with E-state index in [1.807, 2.05) is 20.9 Å². The Labute approximate surface area is 86.3 Å². The van der Waals surface area contributed by atoms with Crippen molar-refractivity contribution in [3.8, 4) is 0 Å². The van der Waals surface area contributed by atoms with Gasteiger partial charge in [0.15, 0.2) is 0 Å². The number of nitrogens with zero attached hydrogens (tertiary/aromatic N) is 1.